The van der Waals surface area contributed by atoms with Crippen LogP contribution in [-0.2, 0) is 0 Å². The summed E-state index contributed by atoms with van der Waals surface area (Å²) in [5.74, 6) is 0. The van der Waals surface area contributed by atoms with Crippen molar-refractivity contribution in [3.8, 4) is 0 Å². The van der Waals surface area contributed by atoms with Gasteiger partial charge in [0, 0.05) is 25.2 Å². The first-order chi connectivity index (χ1) is 4.97. The first-order valence-electron chi connectivity index (χ1n) is 4.17. The van der Waals surface area contributed by atoms with Gasteiger partial charge >= 0.3 is 0 Å². The molecule has 0 aromatic carbocycles. The minimum Gasteiger partial charge on any atom is -0.392 e. The highest BCUT2D eigenvalue weighted by atomic mass is 16.3. The van der Waals surface area contributed by atoms with Crippen LogP contribution < -0.4 is 5.73 Å². The fourth-order valence-electron chi connectivity index (χ4n) is 1.53. The minimum absolute atomic E-state index is 0.127. The summed E-state index contributed by atoms with van der Waals surface area (Å²) in [6.45, 7) is 6.68. The lowest BCUT2D eigenvalue weighted by molar-refractivity contribution is 0.169. The molecule has 1 rings (SSSR count). The SMILES string of the molecule is CC(C)(N)CN1CCC(O)C1. The molecule has 0 aliphatic carbocycles. The van der Waals surface area contributed by atoms with Crippen molar-refractivity contribution in [2.24, 2.45) is 5.73 Å². The molecule has 1 saturated heterocycles. The summed E-state index contributed by atoms with van der Waals surface area (Å²) in [5, 5.41) is 9.21. The van der Waals surface area contributed by atoms with Crippen molar-refractivity contribution in [1.82, 2.24) is 4.90 Å². The molecule has 0 radical (unpaired) electrons. The predicted octanol–water partition coefficient (Wildman–Crippen LogP) is -0.210. The quantitative estimate of drug-likeness (QED) is 0.584. The molecule has 1 aliphatic heterocycles. The number of likely N-dealkylation sites (tertiary alicyclic amines) is 1. The summed E-state index contributed by atoms with van der Waals surface area (Å²) in [4.78, 5) is 2.21. The maximum Gasteiger partial charge on any atom is 0.0679 e. The Bertz CT molecular complexity index is 131. The Hall–Kier alpha value is -0.120. The third-order valence-electron chi connectivity index (χ3n) is 1.88. The van der Waals surface area contributed by atoms with Gasteiger partial charge in [0.2, 0.25) is 0 Å². The average molecular weight is 158 g/mol. The number of β-amino-alcohol motifs (C(OH)–C–C–N with tert-alkyl or cyclic N) is 1. The van der Waals surface area contributed by atoms with Crippen LogP contribution in [0.2, 0.25) is 0 Å². The molecule has 66 valence electrons. The van der Waals surface area contributed by atoms with Crippen LogP contribution in [0.25, 0.3) is 0 Å². The summed E-state index contributed by atoms with van der Waals surface area (Å²) in [5.41, 5.74) is 5.70. The van der Waals surface area contributed by atoms with Gasteiger partial charge in [0.15, 0.2) is 0 Å². The molecule has 1 fully saturated rings. The van der Waals surface area contributed by atoms with Crippen molar-refractivity contribution < 1.29 is 5.11 Å². The third-order valence-corrected chi connectivity index (χ3v) is 1.88. The molecule has 11 heavy (non-hydrogen) atoms. The molecule has 0 bridgehead atoms. The lowest BCUT2D eigenvalue weighted by atomic mass is 10.1. The van der Waals surface area contributed by atoms with Crippen LogP contribution in [0.15, 0.2) is 0 Å². The first kappa shape index (κ1) is 8.97. The molecule has 1 aliphatic rings. The van der Waals surface area contributed by atoms with E-state index >= 15 is 0 Å². The molecule has 0 aromatic heterocycles. The standard InChI is InChI=1S/C8H18N2O/c1-8(2,9)6-10-4-3-7(11)5-10/h7,11H,3-6,9H2,1-2H3. The molecular weight excluding hydrogens is 140 g/mol. The van der Waals surface area contributed by atoms with E-state index in [0.29, 0.717) is 0 Å². The van der Waals surface area contributed by atoms with Crippen molar-refractivity contribution >= 4 is 0 Å². The van der Waals surface area contributed by atoms with Crippen LogP contribution in [0.1, 0.15) is 20.3 Å². The van der Waals surface area contributed by atoms with Crippen LogP contribution in [0.4, 0.5) is 0 Å². The zero-order valence-corrected chi connectivity index (χ0v) is 7.38. The van der Waals surface area contributed by atoms with Gasteiger partial charge in [0.1, 0.15) is 0 Å². The molecular formula is C8H18N2O. The topological polar surface area (TPSA) is 49.5 Å². The first-order valence-corrected chi connectivity index (χ1v) is 4.17. The maximum atomic E-state index is 9.21. The van der Waals surface area contributed by atoms with E-state index in [-0.39, 0.29) is 11.6 Å². The van der Waals surface area contributed by atoms with E-state index in [2.05, 4.69) is 4.90 Å². The molecule has 0 amide bonds. The number of nitrogens with two attached hydrogens (primary N) is 1. The molecule has 1 heterocycles. The second-order valence-electron chi connectivity index (χ2n) is 4.17. The third kappa shape index (κ3) is 3.18. The van der Waals surface area contributed by atoms with Crippen molar-refractivity contribution in [2.75, 3.05) is 19.6 Å². The summed E-state index contributed by atoms with van der Waals surface area (Å²) >= 11 is 0. The Balaban J connectivity index is 2.29. The number of rotatable bonds is 2. The number of aliphatic hydroxyl groups excluding tert-OH is 1. The largest absolute Gasteiger partial charge is 0.392 e. The summed E-state index contributed by atoms with van der Waals surface area (Å²) in [7, 11) is 0. The lowest BCUT2D eigenvalue weighted by Gasteiger charge is -2.25. The molecule has 0 spiro atoms. The number of hydrogen-bond donors (Lipinski definition) is 2. The minimum atomic E-state index is -0.135. The predicted molar refractivity (Wildman–Crippen MR) is 45.3 cm³/mol. The zero-order valence-electron chi connectivity index (χ0n) is 7.38. The number of nitrogens with zero attached hydrogens (tertiary/aromatic N) is 1. The van der Waals surface area contributed by atoms with Crippen molar-refractivity contribution in [3.63, 3.8) is 0 Å². The fraction of sp³-hybridized carbons (Fsp3) is 1.00. The van der Waals surface area contributed by atoms with E-state index in [9.17, 15) is 5.11 Å². The highest BCUT2D eigenvalue weighted by Gasteiger charge is 2.24. The van der Waals surface area contributed by atoms with Gasteiger partial charge in [-0.1, -0.05) is 0 Å². The monoisotopic (exact) mass is 158 g/mol. The summed E-state index contributed by atoms with van der Waals surface area (Å²) in [6.07, 6.45) is 0.771. The van der Waals surface area contributed by atoms with Crippen LogP contribution in [0, 0.1) is 0 Å². The Kier molecular flexibility index (Phi) is 2.52. The van der Waals surface area contributed by atoms with E-state index in [1.165, 1.54) is 0 Å². The summed E-state index contributed by atoms with van der Waals surface area (Å²) in [6, 6.07) is 0. The zero-order chi connectivity index (χ0) is 8.48. The maximum absolute atomic E-state index is 9.21. The molecule has 3 nitrogen and oxygen atoms in total. The van der Waals surface area contributed by atoms with Gasteiger partial charge in [-0.05, 0) is 20.3 Å². The van der Waals surface area contributed by atoms with E-state index < -0.39 is 0 Å². The highest BCUT2D eigenvalue weighted by molar-refractivity contribution is 4.82. The average Bonchev–Trinajstić information content (AvgIpc) is 2.10. The van der Waals surface area contributed by atoms with E-state index in [1.807, 2.05) is 13.8 Å². The Labute approximate surface area is 68.2 Å². The smallest absolute Gasteiger partial charge is 0.0679 e. The second kappa shape index (κ2) is 3.09. The second-order valence-corrected chi connectivity index (χ2v) is 4.17. The number of hydrogen-bond acceptors (Lipinski definition) is 3. The Morgan fingerprint density at radius 3 is 2.64 bits per heavy atom. The van der Waals surface area contributed by atoms with E-state index in [0.717, 1.165) is 26.1 Å². The van der Waals surface area contributed by atoms with Gasteiger partial charge < -0.3 is 10.8 Å². The van der Waals surface area contributed by atoms with Crippen LogP contribution in [0.5, 0.6) is 0 Å². The van der Waals surface area contributed by atoms with Crippen LogP contribution in [-0.4, -0.2) is 41.3 Å². The van der Waals surface area contributed by atoms with Gasteiger partial charge in [-0.3, -0.25) is 4.90 Å². The van der Waals surface area contributed by atoms with Crippen LogP contribution in [0.3, 0.4) is 0 Å². The molecule has 3 heteroatoms. The normalized spacial score (nSPS) is 27.8. The van der Waals surface area contributed by atoms with Crippen molar-refractivity contribution in [1.29, 1.82) is 0 Å². The van der Waals surface area contributed by atoms with Crippen molar-refractivity contribution in [3.05, 3.63) is 0 Å². The van der Waals surface area contributed by atoms with Gasteiger partial charge in [0.05, 0.1) is 6.10 Å². The number of aliphatic hydroxyl groups is 1. The van der Waals surface area contributed by atoms with Gasteiger partial charge in [0.25, 0.3) is 0 Å². The van der Waals surface area contributed by atoms with Gasteiger partial charge in [-0.25, -0.2) is 0 Å². The molecule has 1 unspecified atom stereocenters. The molecule has 1 atom stereocenters. The lowest BCUT2D eigenvalue weighted by Crippen LogP contribution is -2.44. The molecule has 3 N–H and O–H groups in total. The Morgan fingerprint density at radius 2 is 2.27 bits per heavy atom. The Morgan fingerprint density at radius 1 is 1.64 bits per heavy atom. The van der Waals surface area contributed by atoms with Crippen LogP contribution >= 0.6 is 0 Å². The van der Waals surface area contributed by atoms with E-state index in [4.69, 9.17) is 5.73 Å². The molecule has 0 aromatic rings. The van der Waals surface area contributed by atoms with Gasteiger partial charge in [-0.15, -0.1) is 0 Å². The van der Waals surface area contributed by atoms with Gasteiger partial charge in [-0.2, -0.15) is 0 Å². The van der Waals surface area contributed by atoms with E-state index in [1.54, 1.807) is 0 Å². The molecule has 0 saturated carbocycles. The fourth-order valence-corrected chi connectivity index (χ4v) is 1.53. The summed E-state index contributed by atoms with van der Waals surface area (Å²) < 4.78 is 0. The highest BCUT2D eigenvalue weighted by Crippen LogP contribution is 2.11. The van der Waals surface area contributed by atoms with Crippen molar-refractivity contribution in [2.45, 2.75) is 31.9 Å².